The molecule has 4 amide bonds. The third-order valence-electron chi connectivity index (χ3n) is 8.81. The van der Waals surface area contributed by atoms with Gasteiger partial charge >= 0.3 is 12.2 Å². The number of likely N-dealkylation sites (tertiary alicyclic amines) is 3. The van der Waals surface area contributed by atoms with Crippen LogP contribution in [0.4, 0.5) is 9.59 Å². The molecule has 3 aliphatic rings. The number of ether oxygens (including phenoxy) is 2. The minimum atomic E-state index is -0.484. The molecule has 44 heavy (non-hydrogen) atoms. The van der Waals surface area contributed by atoms with Crippen LogP contribution in [-0.4, -0.2) is 88.8 Å². The molecule has 0 saturated carbocycles. The normalized spacial score (nSPS) is 24.8. The molecule has 0 aliphatic carbocycles. The Kier molecular flexibility index (Phi) is 10.9. The van der Waals surface area contributed by atoms with Crippen molar-refractivity contribution < 1.29 is 33.8 Å². The van der Waals surface area contributed by atoms with Crippen LogP contribution in [0.25, 0.3) is 0 Å². The van der Waals surface area contributed by atoms with Crippen molar-refractivity contribution in [2.45, 2.75) is 71.6 Å². The van der Waals surface area contributed by atoms with E-state index in [1.165, 1.54) is 6.08 Å². The van der Waals surface area contributed by atoms with E-state index in [2.05, 4.69) is 11.9 Å². The maximum Gasteiger partial charge on any atom is 0.410 e. The van der Waals surface area contributed by atoms with Gasteiger partial charge in [-0.25, -0.2) is 9.59 Å². The number of carbonyl (C=O) groups excluding carboxylic acids is 4. The lowest BCUT2D eigenvalue weighted by atomic mass is 9.88. The number of amides is 4. The fourth-order valence-corrected chi connectivity index (χ4v) is 6.18. The van der Waals surface area contributed by atoms with Gasteiger partial charge in [-0.15, -0.1) is 0 Å². The van der Waals surface area contributed by atoms with Crippen LogP contribution in [0.3, 0.4) is 0 Å². The summed E-state index contributed by atoms with van der Waals surface area (Å²) in [5.41, 5.74) is 3.74. The number of hydrogen-bond acceptors (Lipinski definition) is 7. The van der Waals surface area contributed by atoms with Crippen molar-refractivity contribution in [3.8, 4) is 0 Å². The highest BCUT2D eigenvalue weighted by Crippen LogP contribution is 2.38. The maximum absolute atomic E-state index is 13.7. The highest BCUT2D eigenvalue weighted by atomic mass is 16.6. The summed E-state index contributed by atoms with van der Waals surface area (Å²) in [6, 6.07) is 7.10. The minimum Gasteiger partial charge on any atom is -0.450 e. The number of aliphatic hydroxyl groups excluding tert-OH is 1. The Hall–Kier alpha value is -4.12. The monoisotopic (exact) mass is 608 g/mol. The molecule has 3 fully saturated rings. The van der Waals surface area contributed by atoms with Crippen LogP contribution in [0.5, 0.6) is 0 Å². The number of β-lactam (4-membered cyclic amide) rings is 1. The van der Waals surface area contributed by atoms with Crippen LogP contribution in [0.2, 0.25) is 0 Å². The van der Waals surface area contributed by atoms with E-state index in [0.717, 1.165) is 16.7 Å². The van der Waals surface area contributed by atoms with Crippen molar-refractivity contribution >= 4 is 24.0 Å². The number of alkyl carbamates (subject to hydrolysis) is 1. The van der Waals surface area contributed by atoms with Gasteiger partial charge < -0.3 is 29.7 Å². The Bertz CT molecular complexity index is 1320. The van der Waals surface area contributed by atoms with Gasteiger partial charge in [0.2, 0.25) is 11.8 Å². The van der Waals surface area contributed by atoms with Crippen LogP contribution >= 0.6 is 0 Å². The van der Waals surface area contributed by atoms with Crippen molar-refractivity contribution in [3.05, 3.63) is 71.0 Å². The van der Waals surface area contributed by atoms with Crippen molar-refractivity contribution in [1.29, 1.82) is 0 Å². The molecule has 1 aromatic carbocycles. The molecule has 3 saturated heterocycles. The lowest BCUT2D eigenvalue weighted by Crippen LogP contribution is -2.58. The highest BCUT2D eigenvalue weighted by molar-refractivity contribution is 5.96. The van der Waals surface area contributed by atoms with Crippen molar-refractivity contribution in [1.82, 2.24) is 20.0 Å². The van der Waals surface area contributed by atoms with E-state index in [9.17, 15) is 24.3 Å². The van der Waals surface area contributed by atoms with E-state index >= 15 is 0 Å². The minimum absolute atomic E-state index is 0.00877. The number of allylic oxidation sites excluding steroid dienone is 2. The summed E-state index contributed by atoms with van der Waals surface area (Å²) in [5, 5.41) is 12.9. The third-order valence-corrected chi connectivity index (χ3v) is 8.81. The molecule has 238 valence electrons. The largest absolute Gasteiger partial charge is 0.450 e. The molecule has 11 nitrogen and oxygen atoms in total. The molecule has 3 unspecified atom stereocenters. The summed E-state index contributed by atoms with van der Waals surface area (Å²) in [4.78, 5) is 56.1. The predicted octanol–water partition coefficient (Wildman–Crippen LogP) is 4.05. The number of rotatable bonds is 11. The van der Waals surface area contributed by atoms with E-state index in [0.29, 0.717) is 56.8 Å². The van der Waals surface area contributed by atoms with Crippen molar-refractivity contribution in [2.24, 2.45) is 5.92 Å². The number of benzene rings is 1. The zero-order valence-electron chi connectivity index (χ0n) is 26.1. The molecule has 0 bridgehead atoms. The average Bonchev–Trinajstić information content (AvgIpc) is 3.63. The second kappa shape index (κ2) is 14.6. The lowest BCUT2D eigenvalue weighted by Gasteiger charge is -2.45. The fraction of sp³-hybridized carbons (Fsp3) is 0.515. The molecular weight excluding hydrogens is 564 g/mol. The van der Waals surface area contributed by atoms with Gasteiger partial charge in [-0.05, 0) is 55.9 Å². The second-order valence-corrected chi connectivity index (χ2v) is 11.4. The summed E-state index contributed by atoms with van der Waals surface area (Å²) in [6.07, 6.45) is 4.03. The first-order valence-electron chi connectivity index (χ1n) is 15.4. The van der Waals surface area contributed by atoms with Gasteiger partial charge in [0, 0.05) is 36.9 Å². The molecule has 0 aromatic heterocycles. The maximum atomic E-state index is 13.7. The zero-order chi connectivity index (χ0) is 32.0. The Morgan fingerprint density at radius 1 is 1.14 bits per heavy atom. The number of nitrogens with zero attached hydrogens (tertiary/aromatic N) is 3. The smallest absolute Gasteiger partial charge is 0.410 e. The van der Waals surface area contributed by atoms with Gasteiger partial charge in [0.25, 0.3) is 0 Å². The Morgan fingerprint density at radius 3 is 2.48 bits per heavy atom. The molecule has 3 aliphatic heterocycles. The van der Waals surface area contributed by atoms with Gasteiger partial charge in [-0.1, -0.05) is 50.8 Å². The Labute approximate surface area is 259 Å². The van der Waals surface area contributed by atoms with E-state index in [4.69, 9.17) is 9.47 Å². The van der Waals surface area contributed by atoms with E-state index in [-0.39, 0.29) is 49.1 Å². The predicted molar refractivity (Wildman–Crippen MR) is 164 cm³/mol. The molecule has 3 heterocycles. The topological polar surface area (TPSA) is 129 Å². The first-order chi connectivity index (χ1) is 21.1. The molecule has 1 aromatic rings. The third kappa shape index (κ3) is 6.83. The fourth-order valence-electron chi connectivity index (χ4n) is 6.18. The molecule has 0 spiro atoms. The molecule has 2 N–H and O–H groups in total. The van der Waals surface area contributed by atoms with Crippen LogP contribution in [0, 0.1) is 5.92 Å². The quantitative estimate of drug-likeness (QED) is 0.220. The summed E-state index contributed by atoms with van der Waals surface area (Å²) in [7, 11) is 0. The standard InChI is InChI=1S/C33H44N4O7/c1-6-15-44-33(42)36-19-27(17-28(36)25-11-9-23(10-12-25)18-34-32(41)43-8-3)35-14-13-26(31(35)40)16-24(7-2)29(20-38)37-22(5)21(4)30(37)39/h6,9-12,16,21-22,27-28,38H,1,7-8,13-15,17-20H2,2-5H3,(H,34,41)/b26-16+,29-24+/t21?,22?,27?,28-/m1/s1. The highest BCUT2D eigenvalue weighted by Gasteiger charge is 2.45. The Balaban J connectivity index is 1.52. The van der Waals surface area contributed by atoms with E-state index in [1.54, 1.807) is 16.7 Å². The molecule has 4 rings (SSSR count). The van der Waals surface area contributed by atoms with Crippen LogP contribution in [-0.2, 0) is 25.6 Å². The first-order valence-corrected chi connectivity index (χ1v) is 15.4. The van der Waals surface area contributed by atoms with Crippen LogP contribution < -0.4 is 5.32 Å². The average molecular weight is 609 g/mol. The summed E-state index contributed by atoms with van der Waals surface area (Å²) in [6.45, 7) is 12.4. The van der Waals surface area contributed by atoms with Crippen molar-refractivity contribution in [3.63, 3.8) is 0 Å². The molecular formula is C33H44N4O7. The van der Waals surface area contributed by atoms with Gasteiger partial charge in [-0.2, -0.15) is 0 Å². The molecule has 4 atom stereocenters. The van der Waals surface area contributed by atoms with Gasteiger partial charge in [0.05, 0.1) is 31.2 Å². The lowest BCUT2D eigenvalue weighted by molar-refractivity contribution is -0.150. The summed E-state index contributed by atoms with van der Waals surface area (Å²) >= 11 is 0. The second-order valence-electron chi connectivity index (χ2n) is 11.4. The van der Waals surface area contributed by atoms with E-state index in [1.807, 2.05) is 56.0 Å². The van der Waals surface area contributed by atoms with E-state index < -0.39 is 12.2 Å². The zero-order valence-corrected chi connectivity index (χ0v) is 26.1. The van der Waals surface area contributed by atoms with Gasteiger partial charge in [0.1, 0.15) is 6.61 Å². The SMILES string of the molecule is C=CCOC(=O)N1CC(N2CC/C(=C\C(CC)=C(/CO)N3C(=O)C(C)C3C)C2=O)C[C@@H]1c1ccc(CNC(=O)OCC)cc1. The van der Waals surface area contributed by atoms with Gasteiger partial charge in [0.15, 0.2) is 0 Å². The number of aliphatic hydroxyl groups is 1. The van der Waals surface area contributed by atoms with Crippen LogP contribution in [0.15, 0.2) is 59.8 Å². The first kappa shape index (κ1) is 32.8. The number of hydrogen-bond donors (Lipinski definition) is 2. The number of carbonyl (C=O) groups is 4. The van der Waals surface area contributed by atoms with Crippen LogP contribution in [0.1, 0.15) is 64.1 Å². The molecule has 11 heteroatoms. The molecule has 0 radical (unpaired) electrons. The Morgan fingerprint density at radius 2 is 1.86 bits per heavy atom. The van der Waals surface area contributed by atoms with Crippen molar-refractivity contribution in [2.75, 3.05) is 32.9 Å². The summed E-state index contributed by atoms with van der Waals surface area (Å²) < 4.78 is 10.3. The summed E-state index contributed by atoms with van der Waals surface area (Å²) in [5.74, 6) is -0.219. The number of nitrogens with one attached hydrogen (secondary N) is 1. The van der Waals surface area contributed by atoms with Gasteiger partial charge in [-0.3, -0.25) is 14.5 Å².